The standard InChI is InChI=1S/C22H23N5OS/c28-22(17-29-16-18-6-2-1-3-7-18)27-14-12-26(13-15-27)21-10-9-20(24-25-21)19-8-4-5-11-23-19/h1-11H,12-17H2. The second-order valence-corrected chi connectivity index (χ2v) is 7.82. The van der Waals surface area contributed by atoms with Crippen molar-refractivity contribution < 1.29 is 4.79 Å². The second-order valence-electron chi connectivity index (χ2n) is 6.84. The van der Waals surface area contributed by atoms with E-state index in [-0.39, 0.29) is 5.91 Å². The fraction of sp³-hybridized carbons (Fsp3) is 0.273. The Morgan fingerprint density at radius 3 is 2.34 bits per heavy atom. The Morgan fingerprint density at radius 1 is 0.862 bits per heavy atom. The van der Waals surface area contributed by atoms with Gasteiger partial charge in [0.25, 0.3) is 0 Å². The Hall–Kier alpha value is -2.93. The third-order valence-electron chi connectivity index (χ3n) is 4.87. The van der Waals surface area contributed by atoms with E-state index in [0.29, 0.717) is 18.8 Å². The lowest BCUT2D eigenvalue weighted by atomic mass is 10.2. The third kappa shape index (κ3) is 5.12. The van der Waals surface area contributed by atoms with E-state index in [1.807, 2.05) is 53.4 Å². The summed E-state index contributed by atoms with van der Waals surface area (Å²) in [4.78, 5) is 20.9. The maximum atomic E-state index is 12.5. The lowest BCUT2D eigenvalue weighted by Gasteiger charge is -2.35. The Kier molecular flexibility index (Phi) is 6.36. The van der Waals surface area contributed by atoms with Gasteiger partial charge in [0.1, 0.15) is 5.69 Å². The van der Waals surface area contributed by atoms with Crippen molar-refractivity contribution in [1.82, 2.24) is 20.1 Å². The van der Waals surface area contributed by atoms with Gasteiger partial charge in [0.05, 0.1) is 11.4 Å². The van der Waals surface area contributed by atoms with Crippen LogP contribution in [-0.2, 0) is 10.5 Å². The van der Waals surface area contributed by atoms with Crippen LogP contribution >= 0.6 is 11.8 Å². The van der Waals surface area contributed by atoms with Crippen LogP contribution in [-0.4, -0.2) is 57.9 Å². The molecule has 3 aromatic rings. The monoisotopic (exact) mass is 405 g/mol. The van der Waals surface area contributed by atoms with Crippen LogP contribution in [0.25, 0.3) is 11.4 Å². The summed E-state index contributed by atoms with van der Waals surface area (Å²) in [5, 5.41) is 8.67. The Balaban J connectivity index is 1.25. The van der Waals surface area contributed by atoms with E-state index in [1.165, 1.54) is 5.56 Å². The predicted octanol–water partition coefficient (Wildman–Crippen LogP) is 3.12. The van der Waals surface area contributed by atoms with E-state index in [9.17, 15) is 4.79 Å². The maximum absolute atomic E-state index is 12.5. The second kappa shape index (κ2) is 9.52. The number of pyridine rings is 1. The van der Waals surface area contributed by atoms with Crippen molar-refractivity contribution in [3.05, 3.63) is 72.4 Å². The van der Waals surface area contributed by atoms with Crippen LogP contribution in [0.3, 0.4) is 0 Å². The topological polar surface area (TPSA) is 62.2 Å². The quantitative estimate of drug-likeness (QED) is 0.628. The molecule has 0 radical (unpaired) electrons. The van der Waals surface area contributed by atoms with Gasteiger partial charge in [-0.1, -0.05) is 36.4 Å². The summed E-state index contributed by atoms with van der Waals surface area (Å²) < 4.78 is 0. The van der Waals surface area contributed by atoms with Crippen LogP contribution in [0, 0.1) is 0 Å². The number of rotatable bonds is 6. The Labute approximate surface area is 175 Å². The number of piperazine rings is 1. The van der Waals surface area contributed by atoms with Gasteiger partial charge in [0.2, 0.25) is 5.91 Å². The number of aromatic nitrogens is 3. The average molecular weight is 406 g/mol. The first kappa shape index (κ1) is 19.4. The minimum absolute atomic E-state index is 0.210. The molecule has 29 heavy (non-hydrogen) atoms. The summed E-state index contributed by atoms with van der Waals surface area (Å²) in [5.74, 6) is 2.44. The van der Waals surface area contributed by atoms with Gasteiger partial charge in [-0.05, 0) is 29.8 Å². The van der Waals surface area contributed by atoms with Gasteiger partial charge in [-0.2, -0.15) is 0 Å². The van der Waals surface area contributed by atoms with Gasteiger partial charge in [0.15, 0.2) is 5.82 Å². The smallest absolute Gasteiger partial charge is 0.232 e. The summed E-state index contributed by atoms with van der Waals surface area (Å²) in [7, 11) is 0. The lowest BCUT2D eigenvalue weighted by Crippen LogP contribution is -2.49. The molecule has 0 saturated carbocycles. The number of hydrogen-bond acceptors (Lipinski definition) is 6. The molecule has 0 spiro atoms. The normalized spacial score (nSPS) is 14.1. The molecule has 4 rings (SSSR count). The fourth-order valence-electron chi connectivity index (χ4n) is 3.25. The van der Waals surface area contributed by atoms with E-state index in [0.717, 1.165) is 36.0 Å². The summed E-state index contributed by atoms with van der Waals surface area (Å²) in [6.07, 6.45) is 1.75. The highest BCUT2D eigenvalue weighted by Crippen LogP contribution is 2.18. The molecule has 1 aliphatic heterocycles. The number of thioether (sulfide) groups is 1. The van der Waals surface area contributed by atoms with Crippen LogP contribution in [0.15, 0.2) is 66.9 Å². The SMILES string of the molecule is O=C(CSCc1ccccc1)N1CCN(c2ccc(-c3ccccn3)nn2)CC1. The number of hydrogen-bond donors (Lipinski definition) is 0. The molecule has 6 nitrogen and oxygen atoms in total. The van der Waals surface area contributed by atoms with Crippen molar-refractivity contribution in [3.8, 4) is 11.4 Å². The third-order valence-corrected chi connectivity index (χ3v) is 5.86. The average Bonchev–Trinajstić information content (AvgIpc) is 2.80. The molecule has 1 saturated heterocycles. The molecule has 2 aromatic heterocycles. The number of anilines is 1. The van der Waals surface area contributed by atoms with E-state index in [1.54, 1.807) is 18.0 Å². The van der Waals surface area contributed by atoms with Crippen molar-refractivity contribution in [2.24, 2.45) is 0 Å². The molecule has 0 atom stereocenters. The van der Waals surface area contributed by atoms with Crippen LogP contribution in [0.4, 0.5) is 5.82 Å². The first-order valence-electron chi connectivity index (χ1n) is 9.69. The van der Waals surface area contributed by atoms with Crippen LogP contribution in [0.2, 0.25) is 0 Å². The zero-order valence-corrected chi connectivity index (χ0v) is 17.0. The molecular weight excluding hydrogens is 382 g/mol. The van der Waals surface area contributed by atoms with Crippen molar-refractivity contribution in [2.45, 2.75) is 5.75 Å². The molecule has 1 fully saturated rings. The van der Waals surface area contributed by atoms with Gasteiger partial charge in [-0.15, -0.1) is 22.0 Å². The van der Waals surface area contributed by atoms with Gasteiger partial charge in [0, 0.05) is 38.1 Å². The molecule has 0 bridgehead atoms. The van der Waals surface area contributed by atoms with Gasteiger partial charge >= 0.3 is 0 Å². The number of carbonyl (C=O) groups is 1. The van der Waals surface area contributed by atoms with Gasteiger partial charge < -0.3 is 9.80 Å². The molecule has 3 heterocycles. The lowest BCUT2D eigenvalue weighted by molar-refractivity contribution is -0.128. The number of amides is 1. The highest BCUT2D eigenvalue weighted by Gasteiger charge is 2.22. The van der Waals surface area contributed by atoms with Crippen molar-refractivity contribution >= 4 is 23.5 Å². The fourth-order valence-corrected chi connectivity index (χ4v) is 4.14. The minimum atomic E-state index is 0.210. The zero-order valence-electron chi connectivity index (χ0n) is 16.1. The minimum Gasteiger partial charge on any atom is -0.352 e. The largest absolute Gasteiger partial charge is 0.352 e. The van der Waals surface area contributed by atoms with Crippen molar-refractivity contribution in [3.63, 3.8) is 0 Å². The molecular formula is C22H23N5OS. The predicted molar refractivity (Wildman–Crippen MR) is 117 cm³/mol. The molecule has 1 aromatic carbocycles. The molecule has 0 N–H and O–H groups in total. The van der Waals surface area contributed by atoms with E-state index < -0.39 is 0 Å². The first-order chi connectivity index (χ1) is 14.3. The molecule has 0 aliphatic carbocycles. The van der Waals surface area contributed by atoms with E-state index in [2.05, 4.69) is 32.2 Å². The summed E-state index contributed by atoms with van der Waals surface area (Å²) in [5.41, 5.74) is 2.83. The number of carbonyl (C=O) groups excluding carboxylic acids is 1. The Morgan fingerprint density at radius 2 is 1.66 bits per heavy atom. The van der Waals surface area contributed by atoms with Gasteiger partial charge in [-0.3, -0.25) is 9.78 Å². The van der Waals surface area contributed by atoms with Crippen molar-refractivity contribution in [2.75, 3.05) is 36.8 Å². The van der Waals surface area contributed by atoms with Crippen LogP contribution < -0.4 is 4.90 Å². The van der Waals surface area contributed by atoms with E-state index >= 15 is 0 Å². The zero-order chi connectivity index (χ0) is 19.9. The van der Waals surface area contributed by atoms with Crippen LogP contribution in [0.1, 0.15) is 5.56 Å². The molecule has 1 aliphatic rings. The van der Waals surface area contributed by atoms with E-state index in [4.69, 9.17) is 0 Å². The molecule has 1 amide bonds. The maximum Gasteiger partial charge on any atom is 0.232 e. The summed E-state index contributed by atoms with van der Waals surface area (Å²) in [6, 6.07) is 19.9. The summed E-state index contributed by atoms with van der Waals surface area (Å²) >= 11 is 1.67. The number of nitrogens with zero attached hydrogens (tertiary/aromatic N) is 5. The molecule has 7 heteroatoms. The van der Waals surface area contributed by atoms with Crippen LogP contribution in [0.5, 0.6) is 0 Å². The first-order valence-corrected chi connectivity index (χ1v) is 10.8. The highest BCUT2D eigenvalue weighted by atomic mass is 32.2. The van der Waals surface area contributed by atoms with Crippen molar-refractivity contribution in [1.29, 1.82) is 0 Å². The highest BCUT2D eigenvalue weighted by molar-refractivity contribution is 7.99. The molecule has 0 unspecified atom stereocenters. The van der Waals surface area contributed by atoms with Gasteiger partial charge in [-0.25, -0.2) is 0 Å². The molecule has 148 valence electrons. The number of benzene rings is 1. The Bertz CT molecular complexity index is 913. The summed E-state index contributed by atoms with van der Waals surface area (Å²) in [6.45, 7) is 2.97.